The van der Waals surface area contributed by atoms with Crippen LogP contribution in [0.3, 0.4) is 0 Å². The fraction of sp³-hybridized carbons (Fsp3) is 0.667. The second kappa shape index (κ2) is 9.75. The molecular formula is C15H29N3O. The summed E-state index contributed by atoms with van der Waals surface area (Å²) in [5.41, 5.74) is 0. The molecule has 0 atom stereocenters. The van der Waals surface area contributed by atoms with E-state index in [4.69, 9.17) is 0 Å². The molecule has 0 radical (unpaired) electrons. The van der Waals surface area contributed by atoms with Gasteiger partial charge in [0, 0.05) is 31.6 Å². The molecule has 0 saturated carbocycles. The Hall–Kier alpha value is -1.13. The zero-order valence-electron chi connectivity index (χ0n) is 12.9. The summed E-state index contributed by atoms with van der Waals surface area (Å²) in [6.45, 7) is 17.7. The van der Waals surface area contributed by atoms with Crippen LogP contribution in [-0.2, 0) is 4.79 Å². The first kappa shape index (κ1) is 17.9. The van der Waals surface area contributed by atoms with Crippen LogP contribution in [-0.4, -0.2) is 47.6 Å². The van der Waals surface area contributed by atoms with Crippen LogP contribution in [0.1, 0.15) is 34.1 Å². The summed E-state index contributed by atoms with van der Waals surface area (Å²) >= 11 is 0. The Morgan fingerprint density at radius 2 is 1.74 bits per heavy atom. The van der Waals surface area contributed by atoms with Gasteiger partial charge in [0.15, 0.2) is 0 Å². The molecule has 0 rings (SSSR count). The fourth-order valence-electron chi connectivity index (χ4n) is 2.13. The van der Waals surface area contributed by atoms with Crippen molar-refractivity contribution in [2.75, 3.05) is 19.6 Å². The zero-order chi connectivity index (χ0) is 14.8. The zero-order valence-corrected chi connectivity index (χ0v) is 12.9. The molecule has 4 heteroatoms. The summed E-state index contributed by atoms with van der Waals surface area (Å²) < 4.78 is 0. The third-order valence-electron chi connectivity index (χ3n) is 2.73. The highest BCUT2D eigenvalue weighted by Gasteiger charge is 2.24. The Bertz CT molecular complexity index is 279. The van der Waals surface area contributed by atoms with Gasteiger partial charge in [0.2, 0.25) is 5.91 Å². The summed E-state index contributed by atoms with van der Waals surface area (Å²) in [5.74, 6) is 0.124. The smallest absolute Gasteiger partial charge is 0.238 e. The number of rotatable bonds is 10. The molecule has 0 heterocycles. The first-order chi connectivity index (χ1) is 8.95. The molecule has 110 valence electrons. The van der Waals surface area contributed by atoms with Crippen LogP contribution in [0, 0.1) is 0 Å². The van der Waals surface area contributed by atoms with E-state index in [9.17, 15) is 4.79 Å². The second-order valence-electron chi connectivity index (χ2n) is 5.07. The van der Waals surface area contributed by atoms with E-state index >= 15 is 0 Å². The Balaban J connectivity index is 4.62. The molecule has 0 aliphatic rings. The summed E-state index contributed by atoms with van der Waals surface area (Å²) in [6.07, 6.45) is 4.05. The number of hydrogen-bond donors (Lipinski definition) is 1. The third-order valence-corrected chi connectivity index (χ3v) is 2.73. The van der Waals surface area contributed by atoms with Crippen molar-refractivity contribution < 1.29 is 4.79 Å². The number of carbonyl (C=O) groups is 1. The van der Waals surface area contributed by atoms with E-state index in [1.54, 1.807) is 17.2 Å². The monoisotopic (exact) mass is 267 g/mol. The predicted octanol–water partition coefficient (Wildman–Crippen LogP) is 2.20. The van der Waals surface area contributed by atoms with Gasteiger partial charge in [-0.25, -0.2) is 5.01 Å². The average molecular weight is 267 g/mol. The molecule has 0 saturated heterocycles. The molecular weight excluding hydrogens is 238 g/mol. The fourth-order valence-corrected chi connectivity index (χ4v) is 2.13. The lowest BCUT2D eigenvalue weighted by atomic mass is 10.2. The van der Waals surface area contributed by atoms with E-state index in [2.05, 4.69) is 51.2 Å². The number of hydrogen-bond acceptors (Lipinski definition) is 3. The van der Waals surface area contributed by atoms with Crippen LogP contribution >= 0.6 is 0 Å². The highest BCUT2D eigenvalue weighted by atomic mass is 16.2. The average Bonchev–Trinajstić information content (AvgIpc) is 2.33. The van der Waals surface area contributed by atoms with Crippen molar-refractivity contribution in [2.45, 2.75) is 46.2 Å². The molecule has 0 fully saturated rings. The molecule has 1 amide bonds. The maximum Gasteiger partial charge on any atom is 0.238 e. The lowest BCUT2D eigenvalue weighted by molar-refractivity contribution is -0.155. The first-order valence-corrected chi connectivity index (χ1v) is 6.96. The van der Waals surface area contributed by atoms with Gasteiger partial charge in [-0.05, 0) is 27.7 Å². The van der Waals surface area contributed by atoms with Crippen molar-refractivity contribution in [1.82, 2.24) is 15.3 Å². The van der Waals surface area contributed by atoms with Crippen LogP contribution in [0.5, 0.6) is 0 Å². The molecule has 0 spiro atoms. The first-order valence-electron chi connectivity index (χ1n) is 6.96. The Kier molecular flexibility index (Phi) is 9.17. The van der Waals surface area contributed by atoms with Crippen molar-refractivity contribution in [1.29, 1.82) is 0 Å². The van der Waals surface area contributed by atoms with Gasteiger partial charge in [-0.15, -0.1) is 13.2 Å². The van der Waals surface area contributed by atoms with Crippen molar-refractivity contribution in [3.05, 3.63) is 25.3 Å². The van der Waals surface area contributed by atoms with Crippen LogP contribution in [0.4, 0.5) is 0 Å². The lowest BCUT2D eigenvalue weighted by Gasteiger charge is -2.40. The number of nitrogens with one attached hydrogen (secondary N) is 1. The van der Waals surface area contributed by atoms with Gasteiger partial charge in [0.1, 0.15) is 0 Å². The third kappa shape index (κ3) is 6.55. The van der Waals surface area contributed by atoms with E-state index < -0.39 is 0 Å². The number of carbonyl (C=O) groups excluding carboxylic acids is 1. The Morgan fingerprint density at radius 1 is 1.16 bits per heavy atom. The van der Waals surface area contributed by atoms with E-state index in [0.29, 0.717) is 19.5 Å². The van der Waals surface area contributed by atoms with Crippen LogP contribution in [0.2, 0.25) is 0 Å². The SMILES string of the molecule is C=CCNCCC(=O)N(CC=C)N(C(C)C)C(C)C. The normalized spacial score (nSPS) is 11.1. The largest absolute Gasteiger partial charge is 0.313 e. The minimum Gasteiger partial charge on any atom is -0.313 e. The van der Waals surface area contributed by atoms with Crippen LogP contribution < -0.4 is 5.32 Å². The minimum absolute atomic E-state index is 0.124. The standard InChI is InChI=1S/C15H29N3O/c1-7-10-16-11-9-15(19)17(12-8-2)18(13(3)4)14(5)6/h7-8,13-14,16H,1-2,9-12H2,3-6H3. The number of hydrazine groups is 1. The van der Waals surface area contributed by atoms with Crippen molar-refractivity contribution >= 4 is 5.91 Å². The highest BCUT2D eigenvalue weighted by Crippen LogP contribution is 2.11. The van der Waals surface area contributed by atoms with Crippen molar-refractivity contribution in [2.24, 2.45) is 0 Å². The van der Waals surface area contributed by atoms with Gasteiger partial charge in [0.25, 0.3) is 0 Å². The number of nitrogens with zero attached hydrogens (tertiary/aromatic N) is 2. The summed E-state index contributed by atoms with van der Waals surface area (Å²) in [7, 11) is 0. The van der Waals surface area contributed by atoms with Gasteiger partial charge < -0.3 is 5.32 Å². The summed E-state index contributed by atoms with van der Waals surface area (Å²) in [5, 5.41) is 7.06. The molecule has 4 nitrogen and oxygen atoms in total. The molecule has 0 aliphatic carbocycles. The van der Waals surface area contributed by atoms with Crippen molar-refractivity contribution in [3.8, 4) is 0 Å². The van der Waals surface area contributed by atoms with Gasteiger partial charge in [0.05, 0.1) is 6.54 Å². The number of amides is 1. The molecule has 0 aromatic heterocycles. The van der Waals surface area contributed by atoms with E-state index in [-0.39, 0.29) is 18.0 Å². The van der Waals surface area contributed by atoms with E-state index in [0.717, 1.165) is 6.54 Å². The second-order valence-corrected chi connectivity index (χ2v) is 5.07. The lowest BCUT2D eigenvalue weighted by Crippen LogP contribution is -2.53. The highest BCUT2D eigenvalue weighted by molar-refractivity contribution is 5.76. The van der Waals surface area contributed by atoms with Gasteiger partial charge in [-0.3, -0.25) is 9.80 Å². The van der Waals surface area contributed by atoms with E-state index in [1.807, 2.05) is 0 Å². The van der Waals surface area contributed by atoms with Crippen LogP contribution in [0.25, 0.3) is 0 Å². The molecule has 0 unspecified atom stereocenters. The van der Waals surface area contributed by atoms with Crippen molar-refractivity contribution in [3.63, 3.8) is 0 Å². The quantitative estimate of drug-likeness (QED) is 0.374. The molecule has 19 heavy (non-hydrogen) atoms. The molecule has 0 bridgehead atoms. The topological polar surface area (TPSA) is 35.6 Å². The summed E-state index contributed by atoms with van der Waals surface area (Å²) in [4.78, 5) is 12.3. The van der Waals surface area contributed by atoms with Gasteiger partial charge >= 0.3 is 0 Å². The molecule has 0 aromatic rings. The van der Waals surface area contributed by atoms with Crippen LogP contribution in [0.15, 0.2) is 25.3 Å². The Labute approximate surface area is 118 Å². The maximum atomic E-state index is 12.3. The van der Waals surface area contributed by atoms with Gasteiger partial charge in [-0.2, -0.15) is 0 Å². The molecule has 0 aliphatic heterocycles. The van der Waals surface area contributed by atoms with Gasteiger partial charge in [-0.1, -0.05) is 12.2 Å². The maximum absolute atomic E-state index is 12.3. The van der Waals surface area contributed by atoms with E-state index in [1.165, 1.54) is 0 Å². The minimum atomic E-state index is 0.124. The summed E-state index contributed by atoms with van der Waals surface area (Å²) in [6, 6.07) is 0.565. The molecule has 1 N–H and O–H groups in total. The molecule has 0 aromatic carbocycles. The Morgan fingerprint density at radius 3 is 2.16 bits per heavy atom. The predicted molar refractivity (Wildman–Crippen MR) is 81.7 cm³/mol.